The molecule has 1 rings (SSSR count). The minimum absolute atomic E-state index is 0.00853. The third-order valence-corrected chi connectivity index (χ3v) is 1.89. The third-order valence-electron chi connectivity index (χ3n) is 1.89. The van der Waals surface area contributed by atoms with Crippen LogP contribution in [0.3, 0.4) is 0 Å². The van der Waals surface area contributed by atoms with Crippen LogP contribution in [0.15, 0.2) is 18.2 Å². The van der Waals surface area contributed by atoms with E-state index in [0.29, 0.717) is 18.1 Å². The molecule has 0 saturated heterocycles. The molecule has 1 N–H and O–H groups in total. The third kappa shape index (κ3) is 3.19. The van der Waals surface area contributed by atoms with E-state index in [0.717, 1.165) is 5.56 Å². The van der Waals surface area contributed by atoms with Gasteiger partial charge in [0.25, 0.3) is 0 Å². The molecule has 1 aromatic carbocycles. The molecule has 15 heavy (non-hydrogen) atoms. The summed E-state index contributed by atoms with van der Waals surface area (Å²) in [6, 6.07) is 5.30. The monoisotopic (exact) mass is 206 g/mol. The lowest BCUT2D eigenvalue weighted by molar-refractivity contribution is 0.279. The summed E-state index contributed by atoms with van der Waals surface area (Å²) in [4.78, 5) is 0. The molecule has 0 heterocycles. The molecule has 0 amide bonds. The van der Waals surface area contributed by atoms with Crippen molar-refractivity contribution in [2.75, 3.05) is 13.7 Å². The van der Waals surface area contributed by atoms with Crippen molar-refractivity contribution in [2.45, 2.75) is 13.5 Å². The number of hydrogen-bond acceptors (Lipinski definition) is 3. The Balaban J connectivity index is 2.81. The molecule has 0 fully saturated rings. The Kier molecular flexibility index (Phi) is 4.52. The van der Waals surface area contributed by atoms with Crippen LogP contribution < -0.4 is 9.47 Å². The van der Waals surface area contributed by atoms with Crippen LogP contribution in [-0.2, 0) is 6.61 Å². The molecule has 0 aliphatic heterocycles. The van der Waals surface area contributed by atoms with Crippen molar-refractivity contribution in [3.8, 4) is 23.3 Å². The molecule has 3 nitrogen and oxygen atoms in total. The summed E-state index contributed by atoms with van der Waals surface area (Å²) in [5.41, 5.74) is 0.792. The van der Waals surface area contributed by atoms with Gasteiger partial charge in [-0.15, -0.1) is 5.92 Å². The Morgan fingerprint density at radius 2 is 2.13 bits per heavy atom. The van der Waals surface area contributed by atoms with Gasteiger partial charge < -0.3 is 14.6 Å². The van der Waals surface area contributed by atoms with Crippen LogP contribution >= 0.6 is 0 Å². The molecular weight excluding hydrogens is 192 g/mol. The Morgan fingerprint density at radius 1 is 1.33 bits per heavy atom. The average molecular weight is 206 g/mol. The highest BCUT2D eigenvalue weighted by Crippen LogP contribution is 2.27. The fourth-order valence-electron chi connectivity index (χ4n) is 1.12. The molecule has 0 aliphatic carbocycles. The average Bonchev–Trinajstić information content (AvgIpc) is 2.29. The van der Waals surface area contributed by atoms with E-state index in [9.17, 15) is 0 Å². The quantitative estimate of drug-likeness (QED) is 0.760. The maximum absolute atomic E-state index is 8.94. The molecule has 0 radical (unpaired) electrons. The summed E-state index contributed by atoms with van der Waals surface area (Å²) in [7, 11) is 1.56. The molecule has 0 bridgehead atoms. The molecular formula is C12H14O3. The Labute approximate surface area is 89.6 Å². The van der Waals surface area contributed by atoms with Crippen molar-refractivity contribution in [1.82, 2.24) is 0 Å². The van der Waals surface area contributed by atoms with Crippen molar-refractivity contribution in [2.24, 2.45) is 0 Å². The zero-order valence-corrected chi connectivity index (χ0v) is 8.91. The predicted molar refractivity (Wildman–Crippen MR) is 57.9 cm³/mol. The van der Waals surface area contributed by atoms with Crippen molar-refractivity contribution in [3.05, 3.63) is 23.8 Å². The smallest absolute Gasteiger partial charge is 0.162 e. The SMILES string of the molecule is CC#CCOc1ccc(CO)cc1OC. The van der Waals surface area contributed by atoms with Gasteiger partial charge in [0.05, 0.1) is 13.7 Å². The number of methoxy groups -OCH3 is 1. The predicted octanol–water partition coefficient (Wildman–Crippen LogP) is 1.59. The Morgan fingerprint density at radius 3 is 2.73 bits per heavy atom. The first kappa shape index (κ1) is 11.4. The second kappa shape index (κ2) is 5.94. The number of hydrogen-bond donors (Lipinski definition) is 1. The van der Waals surface area contributed by atoms with Crippen LogP contribution in [0.25, 0.3) is 0 Å². The van der Waals surface area contributed by atoms with Gasteiger partial charge in [-0.3, -0.25) is 0 Å². The molecule has 1 aromatic rings. The molecule has 0 unspecified atom stereocenters. The van der Waals surface area contributed by atoms with E-state index < -0.39 is 0 Å². The molecule has 0 saturated carbocycles. The zero-order valence-electron chi connectivity index (χ0n) is 8.91. The number of ether oxygens (including phenoxy) is 2. The van der Waals surface area contributed by atoms with Crippen molar-refractivity contribution in [1.29, 1.82) is 0 Å². The molecule has 0 spiro atoms. The van der Waals surface area contributed by atoms with Gasteiger partial charge in [0.1, 0.15) is 6.61 Å². The van der Waals surface area contributed by atoms with E-state index in [4.69, 9.17) is 14.6 Å². The highest BCUT2D eigenvalue weighted by atomic mass is 16.5. The van der Waals surface area contributed by atoms with Crippen LogP contribution in [0.4, 0.5) is 0 Å². The van der Waals surface area contributed by atoms with Crippen molar-refractivity contribution < 1.29 is 14.6 Å². The van der Waals surface area contributed by atoms with Crippen LogP contribution in [0.5, 0.6) is 11.5 Å². The van der Waals surface area contributed by atoms with Gasteiger partial charge in [0, 0.05) is 0 Å². The molecule has 0 aliphatic rings. The molecule has 0 aromatic heterocycles. The van der Waals surface area contributed by atoms with E-state index in [-0.39, 0.29) is 6.61 Å². The van der Waals surface area contributed by atoms with E-state index in [1.807, 2.05) is 0 Å². The summed E-state index contributed by atoms with van der Waals surface area (Å²) in [6.45, 7) is 2.09. The lowest BCUT2D eigenvalue weighted by Crippen LogP contribution is -1.97. The maximum Gasteiger partial charge on any atom is 0.162 e. The van der Waals surface area contributed by atoms with Gasteiger partial charge in [0.15, 0.2) is 11.5 Å². The lowest BCUT2D eigenvalue weighted by Gasteiger charge is -2.09. The van der Waals surface area contributed by atoms with Gasteiger partial charge >= 0.3 is 0 Å². The van der Waals surface area contributed by atoms with E-state index in [2.05, 4.69) is 11.8 Å². The van der Waals surface area contributed by atoms with Crippen LogP contribution in [0.1, 0.15) is 12.5 Å². The second-order valence-electron chi connectivity index (χ2n) is 2.86. The number of rotatable bonds is 4. The van der Waals surface area contributed by atoms with Gasteiger partial charge in [0.2, 0.25) is 0 Å². The first-order valence-corrected chi connectivity index (χ1v) is 4.62. The highest BCUT2D eigenvalue weighted by Gasteiger charge is 2.04. The minimum Gasteiger partial charge on any atom is -0.493 e. The normalized spacial score (nSPS) is 9.00. The van der Waals surface area contributed by atoms with E-state index in [1.165, 1.54) is 0 Å². The summed E-state index contributed by atoms with van der Waals surface area (Å²) >= 11 is 0. The largest absolute Gasteiger partial charge is 0.493 e. The topological polar surface area (TPSA) is 38.7 Å². The zero-order chi connectivity index (χ0) is 11.1. The Hall–Kier alpha value is -1.66. The summed E-state index contributed by atoms with van der Waals surface area (Å²) in [5, 5.41) is 8.94. The number of aliphatic hydroxyl groups excluding tert-OH is 1. The molecule has 80 valence electrons. The lowest BCUT2D eigenvalue weighted by atomic mass is 10.2. The van der Waals surface area contributed by atoms with Crippen LogP contribution in [0.2, 0.25) is 0 Å². The summed E-state index contributed by atoms with van der Waals surface area (Å²) in [5.74, 6) is 6.79. The van der Waals surface area contributed by atoms with Crippen LogP contribution in [0, 0.1) is 11.8 Å². The van der Waals surface area contributed by atoms with Gasteiger partial charge in [-0.1, -0.05) is 12.0 Å². The summed E-state index contributed by atoms with van der Waals surface area (Å²) < 4.78 is 10.5. The summed E-state index contributed by atoms with van der Waals surface area (Å²) in [6.07, 6.45) is 0. The van der Waals surface area contributed by atoms with Gasteiger partial charge in [-0.05, 0) is 24.6 Å². The molecule has 3 heteroatoms. The number of benzene rings is 1. The first-order chi connectivity index (χ1) is 7.31. The van der Waals surface area contributed by atoms with Gasteiger partial charge in [-0.2, -0.15) is 0 Å². The highest BCUT2D eigenvalue weighted by molar-refractivity contribution is 5.42. The van der Waals surface area contributed by atoms with Crippen LogP contribution in [-0.4, -0.2) is 18.8 Å². The van der Waals surface area contributed by atoms with E-state index in [1.54, 1.807) is 32.2 Å². The van der Waals surface area contributed by atoms with Gasteiger partial charge in [-0.25, -0.2) is 0 Å². The fraction of sp³-hybridized carbons (Fsp3) is 0.333. The number of aliphatic hydroxyl groups is 1. The van der Waals surface area contributed by atoms with Crippen molar-refractivity contribution in [3.63, 3.8) is 0 Å². The molecule has 0 atom stereocenters. The second-order valence-corrected chi connectivity index (χ2v) is 2.86. The standard InChI is InChI=1S/C12H14O3/c1-3-4-7-15-11-6-5-10(9-13)8-12(11)14-2/h5-6,8,13H,7,9H2,1-2H3. The fourth-order valence-corrected chi connectivity index (χ4v) is 1.12. The van der Waals surface area contributed by atoms with E-state index >= 15 is 0 Å². The van der Waals surface area contributed by atoms with Crippen molar-refractivity contribution >= 4 is 0 Å². The Bertz CT molecular complexity index is 374. The minimum atomic E-state index is -0.00853. The first-order valence-electron chi connectivity index (χ1n) is 4.62. The maximum atomic E-state index is 8.94.